The first-order valence-corrected chi connectivity index (χ1v) is 14.1. The normalized spacial score (nSPS) is 16.3. The molecule has 1 aliphatic carbocycles. The van der Waals surface area contributed by atoms with E-state index in [0.29, 0.717) is 23.5 Å². The number of amides is 5. The molecule has 1 fully saturated rings. The molecule has 1 saturated carbocycles. The molecule has 0 spiro atoms. The van der Waals surface area contributed by atoms with Gasteiger partial charge in [0.2, 0.25) is 5.91 Å². The molecule has 0 atom stereocenters. The number of hydrogen-bond donors (Lipinski definition) is 2. The molecule has 4 rings (SSSR count). The minimum atomic E-state index is -0.921. The van der Waals surface area contributed by atoms with E-state index in [4.69, 9.17) is 5.11 Å². The Hall–Kier alpha value is -4.21. The predicted molar refractivity (Wildman–Crippen MR) is 156 cm³/mol. The topological polar surface area (TPSA) is 127 Å². The molecule has 5 amide bonds. The number of rotatable bonds is 9. The van der Waals surface area contributed by atoms with Gasteiger partial charge in [-0.25, -0.2) is 14.5 Å². The third-order valence-corrected chi connectivity index (χ3v) is 7.55. The highest BCUT2D eigenvalue weighted by Crippen LogP contribution is 2.38. The summed E-state index contributed by atoms with van der Waals surface area (Å²) in [5, 5.41) is 11.7. The minimum absolute atomic E-state index is 0.0468. The lowest BCUT2D eigenvalue weighted by molar-refractivity contribution is -0.137. The Balaban J connectivity index is 1.66. The third-order valence-electron chi connectivity index (χ3n) is 7.55. The number of urea groups is 2. The number of aryl methyl sites for hydroxylation is 1. The van der Waals surface area contributed by atoms with Crippen molar-refractivity contribution in [3.8, 4) is 0 Å². The van der Waals surface area contributed by atoms with Crippen LogP contribution in [0, 0.1) is 5.41 Å². The number of para-hydroxylation sites is 2. The summed E-state index contributed by atoms with van der Waals surface area (Å²) in [4.78, 5) is 69.3. The Morgan fingerprint density at radius 1 is 0.878 bits per heavy atom. The Morgan fingerprint density at radius 3 is 2.22 bits per heavy atom. The molecule has 2 aromatic rings. The van der Waals surface area contributed by atoms with Crippen LogP contribution in [-0.4, -0.2) is 58.9 Å². The number of nitrogens with one attached hydrogen (secondary N) is 1. The molecule has 0 radical (unpaired) electrons. The zero-order valence-electron chi connectivity index (χ0n) is 23.9. The highest BCUT2D eigenvalue weighted by atomic mass is 16.4. The molecule has 41 heavy (non-hydrogen) atoms. The molecule has 218 valence electrons. The van der Waals surface area contributed by atoms with Crippen LogP contribution in [0.15, 0.2) is 48.5 Å². The first-order valence-electron chi connectivity index (χ1n) is 14.1. The maximum Gasteiger partial charge on any atom is 0.333 e. The van der Waals surface area contributed by atoms with Crippen molar-refractivity contribution in [2.24, 2.45) is 5.41 Å². The van der Waals surface area contributed by atoms with Crippen LogP contribution in [0.4, 0.5) is 26.7 Å². The van der Waals surface area contributed by atoms with E-state index < -0.39 is 35.9 Å². The Kier molecular flexibility index (Phi) is 9.10. The number of carbonyl (C=O) groups excluding carboxylic acids is 4. The number of carboxylic acids is 1. The van der Waals surface area contributed by atoms with Crippen molar-refractivity contribution < 1.29 is 29.1 Å². The molecule has 10 nitrogen and oxygen atoms in total. The average molecular weight is 563 g/mol. The maximum absolute atomic E-state index is 14.1. The number of anilines is 3. The van der Waals surface area contributed by atoms with Gasteiger partial charge in [0.1, 0.15) is 6.54 Å². The maximum atomic E-state index is 14.1. The SMILES string of the molecule is CC(C)(C)C(=O)CN1C(=O)N(CC(=O)Nc2cccc(CCC(=O)O)c2)C(=O)N(C2CCCCC2)c2ccccc21. The van der Waals surface area contributed by atoms with Gasteiger partial charge in [-0.2, -0.15) is 0 Å². The predicted octanol–water partition coefficient (Wildman–Crippen LogP) is 5.46. The molecule has 0 bridgehead atoms. The molecular formula is C31H38N4O6. The fourth-order valence-electron chi connectivity index (χ4n) is 5.22. The van der Waals surface area contributed by atoms with E-state index in [1.54, 1.807) is 74.2 Å². The number of imide groups is 1. The second-order valence-electron chi connectivity index (χ2n) is 11.7. The molecule has 1 aliphatic heterocycles. The number of carbonyl (C=O) groups is 5. The number of nitrogens with zero attached hydrogens (tertiary/aromatic N) is 3. The molecule has 1 heterocycles. The summed E-state index contributed by atoms with van der Waals surface area (Å²) >= 11 is 0. The molecule has 0 aromatic heterocycles. The second kappa shape index (κ2) is 12.5. The van der Waals surface area contributed by atoms with Gasteiger partial charge in [0.05, 0.1) is 17.9 Å². The molecule has 2 aromatic carbocycles. The van der Waals surface area contributed by atoms with Gasteiger partial charge in [0.25, 0.3) is 0 Å². The van der Waals surface area contributed by atoms with Crippen LogP contribution in [0.2, 0.25) is 0 Å². The number of benzene rings is 2. The standard InChI is InChI=1S/C31H38N4O6/c1-31(2,3)26(36)19-33-24-14-7-8-15-25(24)35(23-12-5-4-6-13-23)30(41)34(29(33)40)20-27(37)32-22-11-9-10-21(18-22)16-17-28(38)39/h7-11,14-15,18,23H,4-6,12-13,16-17,19-20H2,1-3H3,(H,32,37)(H,38,39). The second-order valence-corrected chi connectivity index (χ2v) is 11.7. The zero-order chi connectivity index (χ0) is 29.7. The lowest BCUT2D eigenvalue weighted by Gasteiger charge is -2.35. The Labute approximate surface area is 240 Å². The lowest BCUT2D eigenvalue weighted by atomic mass is 9.90. The minimum Gasteiger partial charge on any atom is -0.481 e. The van der Waals surface area contributed by atoms with Crippen molar-refractivity contribution in [2.75, 3.05) is 28.2 Å². The van der Waals surface area contributed by atoms with Gasteiger partial charge in [-0.15, -0.1) is 0 Å². The van der Waals surface area contributed by atoms with E-state index in [9.17, 15) is 24.0 Å². The molecule has 2 aliphatic rings. The fraction of sp³-hybridized carbons (Fsp3) is 0.452. The first kappa shape index (κ1) is 29.8. The van der Waals surface area contributed by atoms with Gasteiger partial charge in [0.15, 0.2) is 5.78 Å². The van der Waals surface area contributed by atoms with E-state index in [2.05, 4.69) is 5.32 Å². The van der Waals surface area contributed by atoms with Gasteiger partial charge in [-0.3, -0.25) is 24.2 Å². The van der Waals surface area contributed by atoms with Crippen LogP contribution in [0.5, 0.6) is 0 Å². The number of aliphatic carboxylic acids is 1. The summed E-state index contributed by atoms with van der Waals surface area (Å²) in [6.07, 6.45) is 4.78. The Bertz CT molecular complexity index is 1330. The average Bonchev–Trinajstić information content (AvgIpc) is 3.01. The van der Waals surface area contributed by atoms with Crippen molar-refractivity contribution in [2.45, 2.75) is 71.8 Å². The molecule has 2 N–H and O–H groups in total. The first-order chi connectivity index (χ1) is 19.5. The van der Waals surface area contributed by atoms with Crippen LogP contribution >= 0.6 is 0 Å². The quantitative estimate of drug-likeness (QED) is 0.418. The fourth-order valence-corrected chi connectivity index (χ4v) is 5.22. The summed E-state index contributed by atoms with van der Waals surface area (Å²) < 4.78 is 0. The van der Waals surface area contributed by atoms with Gasteiger partial charge in [-0.1, -0.05) is 64.3 Å². The summed E-state index contributed by atoms with van der Waals surface area (Å²) in [5.41, 5.74) is 1.46. The van der Waals surface area contributed by atoms with Crippen LogP contribution in [0.1, 0.15) is 64.9 Å². The molecular weight excluding hydrogens is 524 g/mol. The summed E-state index contributed by atoms with van der Waals surface area (Å²) in [6, 6.07) is 12.4. The van der Waals surface area contributed by atoms with E-state index in [1.165, 1.54) is 4.90 Å². The van der Waals surface area contributed by atoms with E-state index >= 15 is 0 Å². The number of Topliss-reactive ketones (excluding diaryl/α,β-unsaturated/α-hetero) is 1. The van der Waals surface area contributed by atoms with Gasteiger partial charge >= 0.3 is 18.0 Å². The van der Waals surface area contributed by atoms with Gasteiger partial charge in [0, 0.05) is 23.6 Å². The Morgan fingerprint density at radius 2 is 1.56 bits per heavy atom. The number of ketones is 1. The highest BCUT2D eigenvalue weighted by molar-refractivity contribution is 6.16. The van der Waals surface area contributed by atoms with Crippen molar-refractivity contribution in [3.05, 3.63) is 54.1 Å². The third kappa shape index (κ3) is 7.11. The van der Waals surface area contributed by atoms with Gasteiger partial charge in [-0.05, 0) is 49.1 Å². The van der Waals surface area contributed by atoms with Crippen LogP contribution < -0.4 is 15.1 Å². The summed E-state index contributed by atoms with van der Waals surface area (Å²) in [6.45, 7) is 4.54. The van der Waals surface area contributed by atoms with Crippen molar-refractivity contribution in [3.63, 3.8) is 0 Å². The van der Waals surface area contributed by atoms with E-state index in [0.717, 1.165) is 42.6 Å². The molecule has 0 saturated heterocycles. The number of carboxylic acid groups (broad SMARTS) is 1. The van der Waals surface area contributed by atoms with Crippen molar-refractivity contribution in [1.82, 2.24) is 4.90 Å². The summed E-state index contributed by atoms with van der Waals surface area (Å²) in [5.74, 6) is -1.68. The summed E-state index contributed by atoms with van der Waals surface area (Å²) in [7, 11) is 0. The van der Waals surface area contributed by atoms with Gasteiger partial charge < -0.3 is 10.4 Å². The van der Waals surface area contributed by atoms with Crippen LogP contribution in [0.3, 0.4) is 0 Å². The van der Waals surface area contributed by atoms with E-state index in [-0.39, 0.29) is 24.8 Å². The van der Waals surface area contributed by atoms with Crippen molar-refractivity contribution >= 4 is 46.8 Å². The number of fused-ring (bicyclic) bond motifs is 1. The van der Waals surface area contributed by atoms with Crippen LogP contribution in [-0.2, 0) is 20.8 Å². The smallest absolute Gasteiger partial charge is 0.333 e. The number of hydrogen-bond acceptors (Lipinski definition) is 5. The monoisotopic (exact) mass is 562 g/mol. The molecule has 10 heteroatoms. The van der Waals surface area contributed by atoms with Crippen molar-refractivity contribution in [1.29, 1.82) is 0 Å². The zero-order valence-corrected chi connectivity index (χ0v) is 23.9. The largest absolute Gasteiger partial charge is 0.481 e. The van der Waals surface area contributed by atoms with Crippen LogP contribution in [0.25, 0.3) is 0 Å². The lowest BCUT2D eigenvalue weighted by Crippen LogP contribution is -2.54. The highest BCUT2D eigenvalue weighted by Gasteiger charge is 2.42. The van der Waals surface area contributed by atoms with E-state index in [1.807, 2.05) is 0 Å². The molecule has 0 unspecified atom stereocenters.